The number of carbonyl (C=O) groups is 1. The van der Waals surface area contributed by atoms with Crippen LogP contribution in [0.2, 0.25) is 0 Å². The van der Waals surface area contributed by atoms with E-state index in [0.717, 1.165) is 11.3 Å². The van der Waals surface area contributed by atoms with Crippen LogP contribution in [-0.4, -0.2) is 47.2 Å². The molecule has 0 saturated heterocycles. The molecule has 4 rings (SSSR count). The molecule has 1 amide bonds. The number of hydrogen-bond donors (Lipinski definition) is 2. The fourth-order valence-electron chi connectivity index (χ4n) is 3.25. The van der Waals surface area contributed by atoms with E-state index in [1.54, 1.807) is 68.7 Å². The average molecular weight is 460 g/mol. The molecular weight excluding hydrogens is 436 g/mol. The number of methoxy groups -OCH3 is 3. The zero-order chi connectivity index (χ0) is 23.9. The summed E-state index contributed by atoms with van der Waals surface area (Å²) in [7, 11) is 4.77. The standard InChI is InChI=1S/C24H24N6O4/c1-32-18-7-4-6-16(10-18)14-30-15-22(28-29-30)24(31)27-21-8-5-9-25-23(21)26-17-11-19(33-2)13-20(12-17)34-3/h4-13,15H,14H2,1-3H3,(H,25,26)(H,27,31). The van der Waals surface area contributed by atoms with Crippen LogP contribution in [0.15, 0.2) is 67.0 Å². The minimum Gasteiger partial charge on any atom is -0.497 e. The van der Waals surface area contributed by atoms with E-state index in [-0.39, 0.29) is 5.69 Å². The average Bonchev–Trinajstić information content (AvgIpc) is 3.33. The molecule has 0 unspecified atom stereocenters. The van der Waals surface area contributed by atoms with E-state index >= 15 is 0 Å². The Kier molecular flexibility index (Phi) is 6.87. The number of carbonyl (C=O) groups excluding carboxylic acids is 1. The lowest BCUT2D eigenvalue weighted by atomic mass is 10.2. The Hall–Kier alpha value is -4.60. The number of amides is 1. The van der Waals surface area contributed by atoms with Crippen LogP contribution in [0.5, 0.6) is 17.2 Å². The third-order valence-corrected chi connectivity index (χ3v) is 4.92. The molecule has 0 fully saturated rings. The Morgan fingerprint density at radius 3 is 2.44 bits per heavy atom. The van der Waals surface area contributed by atoms with E-state index in [9.17, 15) is 4.79 Å². The molecule has 10 nitrogen and oxygen atoms in total. The van der Waals surface area contributed by atoms with Gasteiger partial charge in [-0.1, -0.05) is 17.3 Å². The van der Waals surface area contributed by atoms with Crippen LogP contribution in [0.25, 0.3) is 0 Å². The van der Waals surface area contributed by atoms with Crippen LogP contribution >= 0.6 is 0 Å². The van der Waals surface area contributed by atoms with Gasteiger partial charge in [0, 0.05) is 30.1 Å². The number of rotatable bonds is 9. The lowest BCUT2D eigenvalue weighted by Gasteiger charge is -2.13. The third kappa shape index (κ3) is 5.41. The summed E-state index contributed by atoms with van der Waals surface area (Å²) < 4.78 is 17.5. The Morgan fingerprint density at radius 1 is 0.941 bits per heavy atom. The lowest BCUT2D eigenvalue weighted by molar-refractivity contribution is 0.102. The van der Waals surface area contributed by atoms with Gasteiger partial charge < -0.3 is 24.8 Å². The number of benzene rings is 2. The third-order valence-electron chi connectivity index (χ3n) is 4.92. The summed E-state index contributed by atoms with van der Waals surface area (Å²) in [5, 5.41) is 14.1. The van der Waals surface area contributed by atoms with Gasteiger partial charge in [-0.15, -0.1) is 5.10 Å². The topological polar surface area (TPSA) is 112 Å². The first kappa shape index (κ1) is 22.6. The molecule has 2 aromatic heterocycles. The second-order valence-corrected chi connectivity index (χ2v) is 7.23. The van der Waals surface area contributed by atoms with E-state index < -0.39 is 5.91 Å². The molecule has 2 heterocycles. The smallest absolute Gasteiger partial charge is 0.277 e. The van der Waals surface area contributed by atoms with Gasteiger partial charge in [0.05, 0.1) is 39.8 Å². The molecule has 0 aliphatic heterocycles. The molecule has 4 aromatic rings. The highest BCUT2D eigenvalue weighted by atomic mass is 16.5. The molecule has 0 aliphatic carbocycles. The summed E-state index contributed by atoms with van der Waals surface area (Å²) in [5.41, 5.74) is 2.33. The Bertz CT molecular complexity index is 1270. The molecule has 0 atom stereocenters. The molecular formula is C24H24N6O4. The summed E-state index contributed by atoms with van der Waals surface area (Å²) >= 11 is 0. The van der Waals surface area contributed by atoms with E-state index in [4.69, 9.17) is 14.2 Å². The fraction of sp³-hybridized carbons (Fsp3) is 0.167. The van der Waals surface area contributed by atoms with Crippen molar-refractivity contribution in [3.8, 4) is 17.2 Å². The molecule has 10 heteroatoms. The van der Waals surface area contributed by atoms with Gasteiger partial charge in [-0.3, -0.25) is 4.79 Å². The van der Waals surface area contributed by atoms with Gasteiger partial charge in [0.25, 0.3) is 5.91 Å². The van der Waals surface area contributed by atoms with Crippen LogP contribution < -0.4 is 24.8 Å². The number of ether oxygens (including phenoxy) is 3. The number of pyridine rings is 1. The van der Waals surface area contributed by atoms with Gasteiger partial charge in [0.2, 0.25) is 0 Å². The highest BCUT2D eigenvalue weighted by molar-refractivity contribution is 6.04. The van der Waals surface area contributed by atoms with E-state index in [0.29, 0.717) is 35.2 Å². The van der Waals surface area contributed by atoms with Crippen LogP contribution in [-0.2, 0) is 6.54 Å². The van der Waals surface area contributed by atoms with Crippen molar-refractivity contribution in [1.82, 2.24) is 20.0 Å². The molecule has 0 saturated carbocycles. The summed E-state index contributed by atoms with van der Waals surface area (Å²) in [4.78, 5) is 17.2. The van der Waals surface area contributed by atoms with Gasteiger partial charge in [-0.2, -0.15) is 0 Å². The summed E-state index contributed by atoms with van der Waals surface area (Å²) in [5.74, 6) is 2.04. The van der Waals surface area contributed by atoms with E-state index in [1.165, 1.54) is 0 Å². The van der Waals surface area contributed by atoms with Crippen LogP contribution in [0.4, 0.5) is 17.2 Å². The van der Waals surface area contributed by atoms with Crippen LogP contribution in [0.3, 0.4) is 0 Å². The fourth-order valence-corrected chi connectivity index (χ4v) is 3.25. The molecule has 0 bridgehead atoms. The van der Waals surface area contributed by atoms with Gasteiger partial charge in [0.1, 0.15) is 17.2 Å². The minimum atomic E-state index is -0.406. The van der Waals surface area contributed by atoms with Crippen molar-refractivity contribution in [1.29, 1.82) is 0 Å². The van der Waals surface area contributed by atoms with Crippen molar-refractivity contribution in [3.63, 3.8) is 0 Å². The summed E-state index contributed by atoms with van der Waals surface area (Å²) in [6.07, 6.45) is 3.21. The van der Waals surface area contributed by atoms with Crippen molar-refractivity contribution in [2.45, 2.75) is 6.54 Å². The zero-order valence-electron chi connectivity index (χ0n) is 19.0. The maximum absolute atomic E-state index is 12.8. The SMILES string of the molecule is COc1cccc(Cn2cc(C(=O)Nc3cccnc3Nc3cc(OC)cc(OC)c3)nn2)c1. The first-order chi connectivity index (χ1) is 16.6. The van der Waals surface area contributed by atoms with Crippen LogP contribution in [0.1, 0.15) is 16.1 Å². The predicted molar refractivity (Wildman–Crippen MR) is 127 cm³/mol. The molecule has 0 aliphatic rings. The Morgan fingerprint density at radius 2 is 1.71 bits per heavy atom. The van der Waals surface area contributed by atoms with Crippen molar-refractivity contribution >= 4 is 23.1 Å². The van der Waals surface area contributed by atoms with Crippen molar-refractivity contribution < 1.29 is 19.0 Å². The molecule has 2 aromatic carbocycles. The number of nitrogens with zero attached hydrogens (tertiary/aromatic N) is 4. The van der Waals surface area contributed by atoms with Crippen molar-refractivity contribution in [3.05, 3.63) is 78.2 Å². The number of aromatic nitrogens is 4. The quantitative estimate of drug-likeness (QED) is 0.388. The first-order valence-corrected chi connectivity index (χ1v) is 10.4. The normalized spacial score (nSPS) is 10.4. The number of hydrogen-bond acceptors (Lipinski definition) is 8. The lowest BCUT2D eigenvalue weighted by Crippen LogP contribution is -2.14. The number of anilines is 3. The molecule has 0 radical (unpaired) electrons. The Balaban J connectivity index is 1.48. The maximum Gasteiger partial charge on any atom is 0.277 e. The monoisotopic (exact) mass is 460 g/mol. The minimum absolute atomic E-state index is 0.181. The van der Waals surface area contributed by atoms with E-state index in [1.807, 2.05) is 24.3 Å². The van der Waals surface area contributed by atoms with Gasteiger partial charge in [-0.05, 0) is 29.8 Å². The first-order valence-electron chi connectivity index (χ1n) is 10.4. The molecule has 174 valence electrons. The maximum atomic E-state index is 12.8. The highest BCUT2D eigenvalue weighted by Gasteiger charge is 2.15. The zero-order valence-corrected chi connectivity index (χ0v) is 19.0. The molecule has 0 spiro atoms. The molecule has 2 N–H and O–H groups in total. The van der Waals surface area contributed by atoms with Crippen molar-refractivity contribution in [2.75, 3.05) is 32.0 Å². The largest absolute Gasteiger partial charge is 0.497 e. The Labute approximate surface area is 196 Å². The second kappa shape index (κ2) is 10.3. The van der Waals surface area contributed by atoms with Gasteiger partial charge in [-0.25, -0.2) is 9.67 Å². The summed E-state index contributed by atoms with van der Waals surface area (Å²) in [6.45, 7) is 0.453. The molecule has 34 heavy (non-hydrogen) atoms. The number of nitrogens with one attached hydrogen (secondary N) is 2. The highest BCUT2D eigenvalue weighted by Crippen LogP contribution is 2.30. The second-order valence-electron chi connectivity index (χ2n) is 7.23. The summed E-state index contributed by atoms with van der Waals surface area (Å²) in [6, 6.07) is 16.4. The van der Waals surface area contributed by atoms with Crippen molar-refractivity contribution in [2.24, 2.45) is 0 Å². The van der Waals surface area contributed by atoms with E-state index in [2.05, 4.69) is 25.9 Å². The predicted octanol–water partition coefficient (Wildman–Crippen LogP) is 3.74. The van der Waals surface area contributed by atoms with Crippen LogP contribution in [0, 0.1) is 0 Å². The van der Waals surface area contributed by atoms with Gasteiger partial charge in [0.15, 0.2) is 11.5 Å². The van der Waals surface area contributed by atoms with Gasteiger partial charge >= 0.3 is 0 Å².